The number of methoxy groups -OCH3 is 1. The van der Waals surface area contributed by atoms with Gasteiger partial charge in [-0.1, -0.05) is 18.2 Å². The van der Waals surface area contributed by atoms with Gasteiger partial charge in [0.15, 0.2) is 0 Å². The van der Waals surface area contributed by atoms with Gasteiger partial charge in [0.25, 0.3) is 5.91 Å². The van der Waals surface area contributed by atoms with Crippen LogP contribution in [0.2, 0.25) is 0 Å². The average molecular weight is 535 g/mol. The summed E-state index contributed by atoms with van der Waals surface area (Å²) in [6, 6.07) is 19.2. The number of carbonyl (C=O) groups excluding carboxylic acids is 1. The summed E-state index contributed by atoms with van der Waals surface area (Å²) in [7, 11) is 1.64. The molecule has 35 heavy (non-hydrogen) atoms. The van der Waals surface area contributed by atoms with Crippen LogP contribution in [-0.4, -0.2) is 22.8 Å². The van der Waals surface area contributed by atoms with E-state index in [9.17, 15) is 9.18 Å². The number of para-hydroxylation sites is 1. The van der Waals surface area contributed by atoms with Crippen LogP contribution in [0.4, 0.5) is 15.8 Å². The quantitative estimate of drug-likeness (QED) is 0.329. The number of rotatable bonds is 5. The first-order valence-electron chi connectivity index (χ1n) is 11.2. The van der Waals surface area contributed by atoms with E-state index in [0.717, 1.165) is 38.4 Å². The highest BCUT2D eigenvalue weighted by Crippen LogP contribution is 2.38. The van der Waals surface area contributed by atoms with Crippen LogP contribution < -0.4 is 15.0 Å². The minimum absolute atomic E-state index is 0.157. The highest BCUT2D eigenvalue weighted by molar-refractivity contribution is 9.10. The highest BCUT2D eigenvalue weighted by Gasteiger charge is 2.34. The predicted molar refractivity (Wildman–Crippen MR) is 138 cm³/mol. The maximum Gasteiger partial charge on any atom is 0.262 e. The molecule has 0 spiro atoms. The van der Waals surface area contributed by atoms with Gasteiger partial charge in [0, 0.05) is 16.9 Å². The third-order valence-electron chi connectivity index (χ3n) is 6.26. The van der Waals surface area contributed by atoms with Crippen LogP contribution in [0, 0.1) is 19.7 Å². The molecule has 6 nitrogen and oxygen atoms in total. The first kappa shape index (κ1) is 23.1. The number of benzene rings is 3. The lowest BCUT2D eigenvalue weighted by atomic mass is 10.0. The monoisotopic (exact) mass is 534 g/mol. The second kappa shape index (κ2) is 9.19. The van der Waals surface area contributed by atoms with Gasteiger partial charge in [-0.25, -0.2) is 4.39 Å². The van der Waals surface area contributed by atoms with E-state index in [1.807, 2.05) is 54.9 Å². The van der Waals surface area contributed by atoms with Gasteiger partial charge in [-0.15, -0.1) is 0 Å². The molecule has 1 aromatic heterocycles. The molecule has 178 valence electrons. The second-order valence-corrected chi connectivity index (χ2v) is 9.25. The van der Waals surface area contributed by atoms with Gasteiger partial charge < -0.3 is 10.1 Å². The zero-order chi connectivity index (χ0) is 24.7. The van der Waals surface area contributed by atoms with E-state index in [4.69, 9.17) is 4.74 Å². The van der Waals surface area contributed by atoms with Gasteiger partial charge in [0.1, 0.15) is 17.7 Å². The third kappa shape index (κ3) is 4.18. The number of aromatic nitrogens is 2. The molecule has 1 amide bonds. The first-order valence-corrected chi connectivity index (χ1v) is 12.0. The lowest BCUT2D eigenvalue weighted by molar-refractivity contribution is 0.0975. The first-order chi connectivity index (χ1) is 16.9. The maximum atomic E-state index is 13.7. The normalized spacial score (nSPS) is 15.1. The Kier molecular flexibility index (Phi) is 6.06. The molecular weight excluding hydrogens is 511 g/mol. The van der Waals surface area contributed by atoms with Crippen molar-refractivity contribution in [3.05, 3.63) is 105 Å². The molecule has 1 unspecified atom stereocenters. The lowest BCUT2D eigenvalue weighted by Gasteiger charge is -2.38. The van der Waals surface area contributed by atoms with Crippen LogP contribution in [0.5, 0.6) is 5.75 Å². The van der Waals surface area contributed by atoms with Gasteiger partial charge in [-0.2, -0.15) is 5.10 Å². The van der Waals surface area contributed by atoms with Crippen molar-refractivity contribution in [1.82, 2.24) is 9.78 Å². The fourth-order valence-corrected chi connectivity index (χ4v) is 4.72. The van der Waals surface area contributed by atoms with Crippen molar-refractivity contribution in [2.75, 3.05) is 17.3 Å². The van der Waals surface area contributed by atoms with Gasteiger partial charge in [0.2, 0.25) is 0 Å². The van der Waals surface area contributed by atoms with E-state index in [1.54, 1.807) is 30.2 Å². The van der Waals surface area contributed by atoms with Crippen molar-refractivity contribution in [1.29, 1.82) is 0 Å². The Bertz CT molecular complexity index is 1420. The standard InChI is InChI=1S/C27H24BrFN4O2/c1-16-25(28)17(2)32(31-16)15-19-14-18(8-13-24(19)35-3)26-30-23-7-5-4-6-22(23)27(34)33(26)21-11-9-20(29)10-12-21/h4-14,26,30H,15H2,1-3H3. The minimum atomic E-state index is -0.500. The molecule has 3 aromatic carbocycles. The van der Waals surface area contributed by atoms with E-state index in [2.05, 4.69) is 26.3 Å². The summed E-state index contributed by atoms with van der Waals surface area (Å²) in [6.07, 6.45) is -0.500. The molecule has 0 bridgehead atoms. The molecule has 0 saturated heterocycles. The summed E-state index contributed by atoms with van der Waals surface area (Å²) in [5.41, 5.74) is 5.64. The maximum absolute atomic E-state index is 13.7. The molecule has 1 aliphatic rings. The molecule has 4 aromatic rings. The van der Waals surface area contributed by atoms with Crippen LogP contribution in [0.3, 0.4) is 0 Å². The molecule has 1 atom stereocenters. The van der Waals surface area contributed by atoms with Crippen molar-refractivity contribution in [2.24, 2.45) is 0 Å². The van der Waals surface area contributed by atoms with Gasteiger partial charge in [0.05, 0.1) is 35.1 Å². The Morgan fingerprint density at radius 2 is 1.83 bits per heavy atom. The lowest BCUT2D eigenvalue weighted by Crippen LogP contribution is -2.43. The molecule has 2 heterocycles. The number of amides is 1. The van der Waals surface area contributed by atoms with Gasteiger partial charge in [-0.3, -0.25) is 14.4 Å². The van der Waals surface area contributed by atoms with Crippen LogP contribution >= 0.6 is 15.9 Å². The SMILES string of the molecule is COc1ccc(C2Nc3ccccc3C(=O)N2c2ccc(F)cc2)cc1Cn1nc(C)c(Br)c1C. The molecule has 1 N–H and O–H groups in total. The smallest absolute Gasteiger partial charge is 0.262 e. The number of ether oxygens (including phenoxy) is 1. The van der Waals surface area contributed by atoms with Crippen molar-refractivity contribution in [3.63, 3.8) is 0 Å². The number of anilines is 2. The molecule has 5 rings (SSSR count). The number of nitrogens with one attached hydrogen (secondary N) is 1. The molecule has 0 fully saturated rings. The van der Waals surface area contributed by atoms with E-state index in [-0.39, 0.29) is 11.7 Å². The summed E-state index contributed by atoms with van der Waals surface area (Å²) >= 11 is 3.59. The fourth-order valence-electron chi connectivity index (χ4n) is 4.44. The minimum Gasteiger partial charge on any atom is -0.496 e. The molecule has 8 heteroatoms. The van der Waals surface area contributed by atoms with Crippen molar-refractivity contribution in [2.45, 2.75) is 26.6 Å². The third-order valence-corrected chi connectivity index (χ3v) is 7.41. The highest BCUT2D eigenvalue weighted by atomic mass is 79.9. The average Bonchev–Trinajstić information content (AvgIpc) is 3.11. The number of carbonyl (C=O) groups is 1. The van der Waals surface area contributed by atoms with Gasteiger partial charge in [-0.05, 0) is 83.9 Å². The summed E-state index contributed by atoms with van der Waals surface area (Å²) in [5.74, 6) is 0.218. The topological polar surface area (TPSA) is 59.4 Å². The number of hydrogen-bond donors (Lipinski definition) is 1. The Hall–Kier alpha value is -3.65. The van der Waals surface area contributed by atoms with Crippen molar-refractivity contribution >= 4 is 33.2 Å². The molecule has 0 aliphatic carbocycles. The summed E-state index contributed by atoms with van der Waals surface area (Å²) < 4.78 is 22.2. The zero-order valence-electron chi connectivity index (χ0n) is 19.5. The Labute approximate surface area is 211 Å². The van der Waals surface area contributed by atoms with E-state index in [1.165, 1.54) is 12.1 Å². The van der Waals surface area contributed by atoms with Crippen LogP contribution in [0.1, 0.15) is 39.0 Å². The predicted octanol–water partition coefficient (Wildman–Crippen LogP) is 6.23. The summed E-state index contributed by atoms with van der Waals surface area (Å²) in [6.45, 7) is 4.47. The zero-order valence-corrected chi connectivity index (χ0v) is 21.1. The summed E-state index contributed by atoms with van der Waals surface area (Å²) in [4.78, 5) is 15.3. The van der Waals surface area contributed by atoms with E-state index in [0.29, 0.717) is 17.8 Å². The molecule has 0 saturated carbocycles. The van der Waals surface area contributed by atoms with Crippen molar-refractivity contribution in [3.8, 4) is 5.75 Å². The molecule has 1 aliphatic heterocycles. The number of hydrogen-bond acceptors (Lipinski definition) is 4. The number of aryl methyl sites for hydroxylation is 1. The second-order valence-electron chi connectivity index (χ2n) is 8.46. The van der Waals surface area contributed by atoms with E-state index < -0.39 is 6.17 Å². The molecular formula is C27H24BrFN4O2. The Morgan fingerprint density at radius 1 is 1.09 bits per heavy atom. The fraction of sp³-hybridized carbons (Fsp3) is 0.185. The summed E-state index contributed by atoms with van der Waals surface area (Å²) in [5, 5.41) is 8.13. The largest absolute Gasteiger partial charge is 0.496 e. The van der Waals surface area contributed by atoms with Crippen molar-refractivity contribution < 1.29 is 13.9 Å². The van der Waals surface area contributed by atoms with E-state index >= 15 is 0 Å². The number of halogens is 2. The number of nitrogens with zero attached hydrogens (tertiary/aromatic N) is 3. The Balaban J connectivity index is 1.60. The van der Waals surface area contributed by atoms with Crippen LogP contribution in [0.25, 0.3) is 0 Å². The number of fused-ring (bicyclic) bond motifs is 1. The Morgan fingerprint density at radius 3 is 2.51 bits per heavy atom. The van der Waals surface area contributed by atoms with Crippen LogP contribution in [-0.2, 0) is 6.54 Å². The van der Waals surface area contributed by atoms with Gasteiger partial charge >= 0.3 is 0 Å². The molecule has 0 radical (unpaired) electrons. The van der Waals surface area contributed by atoms with Crippen LogP contribution in [0.15, 0.2) is 71.2 Å².